The summed E-state index contributed by atoms with van der Waals surface area (Å²) in [5, 5.41) is 9.68. The van der Waals surface area contributed by atoms with E-state index in [4.69, 9.17) is 11.0 Å². The number of hydrogen-bond donors (Lipinski definition) is 1. The van der Waals surface area contributed by atoms with Crippen LogP contribution in [0.4, 0.5) is 5.13 Å². The van der Waals surface area contributed by atoms with Gasteiger partial charge in [0.2, 0.25) is 0 Å². The molecule has 1 heterocycles. The first-order chi connectivity index (χ1) is 8.13. The molecule has 0 amide bonds. The van der Waals surface area contributed by atoms with E-state index in [-0.39, 0.29) is 5.92 Å². The fraction of sp³-hybridized carbons (Fsp3) is 0.231. The second kappa shape index (κ2) is 4.56. The molecule has 17 heavy (non-hydrogen) atoms. The molecular weight excluding hydrogens is 230 g/mol. The predicted octanol–water partition coefficient (Wildman–Crippen LogP) is 3.06. The van der Waals surface area contributed by atoms with Crippen molar-refractivity contribution in [3.63, 3.8) is 0 Å². The van der Waals surface area contributed by atoms with Crippen LogP contribution >= 0.6 is 11.3 Å². The van der Waals surface area contributed by atoms with Crippen LogP contribution in [0.5, 0.6) is 0 Å². The Hall–Kier alpha value is -1.86. The number of hydrogen-bond acceptors (Lipinski definition) is 4. The Morgan fingerprint density at radius 3 is 2.71 bits per heavy atom. The molecule has 0 aliphatic heterocycles. The predicted molar refractivity (Wildman–Crippen MR) is 69.9 cm³/mol. The molecule has 1 atom stereocenters. The van der Waals surface area contributed by atoms with E-state index in [0.29, 0.717) is 10.7 Å². The van der Waals surface area contributed by atoms with Gasteiger partial charge in [0.1, 0.15) is 0 Å². The number of rotatable bonds is 2. The third-order valence-electron chi connectivity index (χ3n) is 2.79. The smallest absolute Gasteiger partial charge is 0.180 e. The first kappa shape index (κ1) is 11.6. The molecule has 0 aliphatic carbocycles. The third kappa shape index (κ3) is 2.15. The van der Waals surface area contributed by atoms with Crippen LogP contribution in [0.1, 0.15) is 34.5 Å². The number of benzene rings is 1. The lowest BCUT2D eigenvalue weighted by atomic mass is 9.94. The zero-order valence-electron chi connectivity index (χ0n) is 9.77. The van der Waals surface area contributed by atoms with Gasteiger partial charge in [0, 0.05) is 10.8 Å². The van der Waals surface area contributed by atoms with E-state index in [1.54, 1.807) is 0 Å². The van der Waals surface area contributed by atoms with Crippen LogP contribution in [0.15, 0.2) is 24.3 Å². The van der Waals surface area contributed by atoms with Gasteiger partial charge in [-0.3, -0.25) is 0 Å². The van der Waals surface area contributed by atoms with Crippen LogP contribution in [-0.2, 0) is 0 Å². The van der Waals surface area contributed by atoms with Crippen LogP contribution in [0.25, 0.3) is 0 Å². The lowest BCUT2D eigenvalue weighted by Gasteiger charge is -2.12. The molecule has 3 nitrogen and oxygen atoms in total. The van der Waals surface area contributed by atoms with E-state index in [1.165, 1.54) is 11.3 Å². The minimum absolute atomic E-state index is 0.153. The average Bonchev–Trinajstić information content (AvgIpc) is 2.67. The van der Waals surface area contributed by atoms with Crippen LogP contribution < -0.4 is 5.73 Å². The summed E-state index contributed by atoms with van der Waals surface area (Å²) in [6.45, 7) is 4.03. The molecule has 0 saturated heterocycles. The Kier molecular flexibility index (Phi) is 3.12. The summed E-state index contributed by atoms with van der Waals surface area (Å²) >= 11 is 1.49. The number of nitrogens with zero attached hydrogens (tertiary/aromatic N) is 2. The molecular formula is C13H13N3S. The Labute approximate surface area is 105 Å². The molecule has 0 aliphatic rings. The minimum Gasteiger partial charge on any atom is -0.375 e. The Bertz CT molecular complexity index is 581. The number of thiazole rings is 1. The molecule has 2 aromatic rings. The van der Waals surface area contributed by atoms with Gasteiger partial charge in [-0.15, -0.1) is 11.3 Å². The fourth-order valence-electron chi connectivity index (χ4n) is 1.95. The molecule has 0 spiro atoms. The highest BCUT2D eigenvalue weighted by Gasteiger charge is 2.17. The van der Waals surface area contributed by atoms with Gasteiger partial charge in [0.15, 0.2) is 5.13 Å². The summed E-state index contributed by atoms with van der Waals surface area (Å²) in [4.78, 5) is 5.36. The van der Waals surface area contributed by atoms with Crippen molar-refractivity contribution in [2.75, 3.05) is 5.73 Å². The van der Waals surface area contributed by atoms with Crippen molar-refractivity contribution in [3.8, 4) is 6.07 Å². The Morgan fingerprint density at radius 2 is 2.12 bits per heavy atom. The first-order valence-electron chi connectivity index (χ1n) is 5.35. The Balaban J connectivity index is 2.48. The van der Waals surface area contributed by atoms with Crippen LogP contribution in [-0.4, -0.2) is 4.98 Å². The van der Waals surface area contributed by atoms with Gasteiger partial charge in [-0.05, 0) is 18.6 Å². The molecule has 0 fully saturated rings. The van der Waals surface area contributed by atoms with Crippen molar-refractivity contribution in [1.82, 2.24) is 4.98 Å². The third-order valence-corrected chi connectivity index (χ3v) is 3.96. The van der Waals surface area contributed by atoms with Crippen molar-refractivity contribution in [1.29, 1.82) is 5.26 Å². The van der Waals surface area contributed by atoms with E-state index in [1.807, 2.05) is 31.2 Å². The van der Waals surface area contributed by atoms with Crippen molar-refractivity contribution in [2.24, 2.45) is 0 Å². The molecule has 2 N–H and O–H groups in total. The van der Waals surface area contributed by atoms with Gasteiger partial charge in [-0.2, -0.15) is 5.26 Å². The van der Waals surface area contributed by atoms with Gasteiger partial charge in [-0.25, -0.2) is 4.98 Å². The number of aromatic nitrogens is 1. The number of nitriles is 1. The topological polar surface area (TPSA) is 62.7 Å². The SMILES string of the molecule is Cc1nc(N)sc1C(C)c1ccccc1C#N. The van der Waals surface area contributed by atoms with Crippen molar-refractivity contribution >= 4 is 16.5 Å². The van der Waals surface area contributed by atoms with Crippen molar-refractivity contribution in [2.45, 2.75) is 19.8 Å². The maximum absolute atomic E-state index is 9.10. The lowest BCUT2D eigenvalue weighted by Crippen LogP contribution is -1.98. The lowest BCUT2D eigenvalue weighted by molar-refractivity contribution is 0.922. The Morgan fingerprint density at radius 1 is 1.41 bits per heavy atom. The molecule has 0 saturated carbocycles. The highest BCUT2D eigenvalue weighted by Crippen LogP contribution is 2.33. The molecule has 2 rings (SSSR count). The van der Waals surface area contributed by atoms with E-state index >= 15 is 0 Å². The maximum atomic E-state index is 9.10. The fourth-order valence-corrected chi connectivity index (χ4v) is 2.85. The number of anilines is 1. The van der Waals surface area contributed by atoms with Gasteiger partial charge in [-0.1, -0.05) is 25.1 Å². The van der Waals surface area contributed by atoms with E-state index in [0.717, 1.165) is 16.1 Å². The molecule has 1 aromatic heterocycles. The van der Waals surface area contributed by atoms with Crippen molar-refractivity contribution in [3.05, 3.63) is 46.0 Å². The van der Waals surface area contributed by atoms with E-state index in [9.17, 15) is 0 Å². The summed E-state index contributed by atoms with van der Waals surface area (Å²) in [6.07, 6.45) is 0. The molecule has 1 unspecified atom stereocenters. The average molecular weight is 243 g/mol. The van der Waals surface area contributed by atoms with Crippen LogP contribution in [0, 0.1) is 18.3 Å². The van der Waals surface area contributed by atoms with Gasteiger partial charge in [0.25, 0.3) is 0 Å². The maximum Gasteiger partial charge on any atom is 0.180 e. The quantitative estimate of drug-likeness (QED) is 0.881. The molecule has 86 valence electrons. The molecule has 0 bridgehead atoms. The highest BCUT2D eigenvalue weighted by molar-refractivity contribution is 7.15. The number of nitrogen functional groups attached to an aromatic ring is 1. The zero-order valence-corrected chi connectivity index (χ0v) is 10.6. The molecule has 0 radical (unpaired) electrons. The summed E-state index contributed by atoms with van der Waals surface area (Å²) in [5.74, 6) is 0.153. The summed E-state index contributed by atoms with van der Waals surface area (Å²) in [7, 11) is 0. The largest absolute Gasteiger partial charge is 0.375 e. The number of aryl methyl sites for hydroxylation is 1. The minimum atomic E-state index is 0.153. The van der Waals surface area contributed by atoms with E-state index in [2.05, 4.69) is 18.0 Å². The summed E-state index contributed by atoms with van der Waals surface area (Å²) in [5.41, 5.74) is 8.40. The summed E-state index contributed by atoms with van der Waals surface area (Å²) in [6, 6.07) is 9.88. The zero-order chi connectivity index (χ0) is 12.4. The first-order valence-corrected chi connectivity index (χ1v) is 6.17. The standard InChI is InChI=1S/C13H13N3S/c1-8(12-9(2)16-13(15)17-12)11-6-4-3-5-10(11)7-14/h3-6,8H,1-2H3,(H2,15,16). The summed E-state index contributed by atoms with van der Waals surface area (Å²) < 4.78 is 0. The molecule has 1 aromatic carbocycles. The number of nitrogens with two attached hydrogens (primary N) is 1. The van der Waals surface area contributed by atoms with Crippen molar-refractivity contribution < 1.29 is 0 Å². The second-order valence-corrected chi connectivity index (χ2v) is 4.98. The van der Waals surface area contributed by atoms with Crippen LogP contribution in [0.2, 0.25) is 0 Å². The molecule has 4 heteroatoms. The van der Waals surface area contributed by atoms with Gasteiger partial charge >= 0.3 is 0 Å². The van der Waals surface area contributed by atoms with Gasteiger partial charge in [0.05, 0.1) is 17.3 Å². The monoisotopic (exact) mass is 243 g/mol. The highest BCUT2D eigenvalue weighted by atomic mass is 32.1. The second-order valence-electron chi connectivity index (χ2n) is 3.92. The van der Waals surface area contributed by atoms with E-state index < -0.39 is 0 Å². The van der Waals surface area contributed by atoms with Crippen LogP contribution in [0.3, 0.4) is 0 Å². The normalized spacial score (nSPS) is 12.1. The van der Waals surface area contributed by atoms with Gasteiger partial charge < -0.3 is 5.73 Å².